The van der Waals surface area contributed by atoms with Crippen molar-refractivity contribution in [2.45, 2.75) is 13.3 Å². The van der Waals surface area contributed by atoms with Gasteiger partial charge in [0.05, 0.1) is 0 Å². The molecule has 1 aromatic rings. The average Bonchev–Trinajstić information content (AvgIpc) is 2.28. The van der Waals surface area contributed by atoms with Gasteiger partial charge in [-0.2, -0.15) is 0 Å². The highest BCUT2D eigenvalue weighted by atomic mass is 16.2. The Bertz CT molecular complexity index is 477. The van der Waals surface area contributed by atoms with Crippen molar-refractivity contribution in [1.29, 1.82) is 0 Å². The Morgan fingerprint density at radius 3 is 2.71 bits per heavy atom. The highest BCUT2D eigenvalue weighted by Gasteiger charge is 2.09. The zero-order valence-corrected chi connectivity index (χ0v) is 9.63. The fraction of sp³-hybridized carbons (Fsp3) is 0.500. The second-order valence-corrected chi connectivity index (χ2v) is 3.49. The molecule has 0 spiro atoms. The van der Waals surface area contributed by atoms with Crippen LogP contribution in [0.1, 0.15) is 23.7 Å². The van der Waals surface area contributed by atoms with Gasteiger partial charge in [0.15, 0.2) is 0 Å². The van der Waals surface area contributed by atoms with E-state index in [0.717, 1.165) is 19.2 Å². The maximum absolute atomic E-state index is 11.5. The van der Waals surface area contributed by atoms with Gasteiger partial charge in [-0.15, -0.1) is 0 Å². The van der Waals surface area contributed by atoms with E-state index >= 15 is 0 Å². The molecule has 0 aromatic carbocycles. The summed E-state index contributed by atoms with van der Waals surface area (Å²) in [4.78, 5) is 37.8. The maximum Gasteiger partial charge on any atom is 0.325 e. The van der Waals surface area contributed by atoms with Crippen LogP contribution in [0.15, 0.2) is 15.8 Å². The lowest BCUT2D eigenvalue weighted by molar-refractivity contribution is 0.0952. The van der Waals surface area contributed by atoms with E-state index in [4.69, 9.17) is 0 Å². The molecule has 0 aliphatic rings. The molecule has 1 amide bonds. The molecule has 4 N–H and O–H groups in total. The first-order valence-electron chi connectivity index (χ1n) is 5.46. The van der Waals surface area contributed by atoms with Crippen LogP contribution in [-0.2, 0) is 0 Å². The van der Waals surface area contributed by atoms with Crippen molar-refractivity contribution in [3.8, 4) is 0 Å². The van der Waals surface area contributed by atoms with E-state index in [2.05, 4.69) is 15.6 Å². The number of aromatic amines is 2. The van der Waals surface area contributed by atoms with Gasteiger partial charge >= 0.3 is 5.69 Å². The van der Waals surface area contributed by atoms with E-state index in [1.54, 1.807) is 0 Å². The third kappa shape index (κ3) is 4.23. The van der Waals surface area contributed by atoms with E-state index in [0.29, 0.717) is 13.1 Å². The summed E-state index contributed by atoms with van der Waals surface area (Å²) in [6.07, 6.45) is 2.13. The molecule has 0 aliphatic carbocycles. The van der Waals surface area contributed by atoms with Crippen molar-refractivity contribution >= 4 is 5.91 Å². The summed E-state index contributed by atoms with van der Waals surface area (Å²) in [7, 11) is 0. The van der Waals surface area contributed by atoms with E-state index in [9.17, 15) is 14.4 Å². The van der Waals surface area contributed by atoms with Gasteiger partial charge in [0, 0.05) is 19.3 Å². The fourth-order valence-electron chi connectivity index (χ4n) is 1.24. The topological polar surface area (TPSA) is 107 Å². The smallest absolute Gasteiger partial charge is 0.325 e. The van der Waals surface area contributed by atoms with Crippen LogP contribution in [0, 0.1) is 0 Å². The average molecular weight is 240 g/mol. The zero-order valence-electron chi connectivity index (χ0n) is 9.63. The lowest BCUT2D eigenvalue weighted by Crippen LogP contribution is -2.36. The van der Waals surface area contributed by atoms with Gasteiger partial charge in [-0.1, -0.05) is 6.92 Å². The van der Waals surface area contributed by atoms with E-state index in [1.807, 2.05) is 11.9 Å². The van der Waals surface area contributed by atoms with Gasteiger partial charge < -0.3 is 15.6 Å². The van der Waals surface area contributed by atoms with Gasteiger partial charge in [0.1, 0.15) is 5.56 Å². The molecular formula is C10H16N4O3. The number of H-pyrrole nitrogens is 2. The Balaban J connectivity index is 2.47. The number of amides is 1. The molecule has 0 saturated heterocycles. The van der Waals surface area contributed by atoms with Crippen molar-refractivity contribution in [2.24, 2.45) is 0 Å². The van der Waals surface area contributed by atoms with Crippen molar-refractivity contribution in [3.05, 3.63) is 32.6 Å². The fourth-order valence-corrected chi connectivity index (χ4v) is 1.24. The molecule has 1 heterocycles. The molecule has 0 bridgehead atoms. The summed E-state index contributed by atoms with van der Waals surface area (Å²) in [6, 6.07) is 0. The molecule has 7 heteroatoms. The minimum absolute atomic E-state index is 0.0971. The van der Waals surface area contributed by atoms with Gasteiger partial charge in [0.2, 0.25) is 0 Å². The van der Waals surface area contributed by atoms with Crippen molar-refractivity contribution < 1.29 is 4.79 Å². The molecule has 17 heavy (non-hydrogen) atoms. The zero-order chi connectivity index (χ0) is 12.7. The Kier molecular flexibility index (Phi) is 5.15. The molecular weight excluding hydrogens is 224 g/mol. The first-order chi connectivity index (χ1) is 8.15. The minimum atomic E-state index is -0.687. The predicted molar refractivity (Wildman–Crippen MR) is 63.2 cm³/mol. The number of rotatable bonds is 6. The van der Waals surface area contributed by atoms with Crippen LogP contribution in [0.3, 0.4) is 0 Å². The second kappa shape index (κ2) is 6.64. The quantitative estimate of drug-likeness (QED) is 0.468. The van der Waals surface area contributed by atoms with Crippen LogP contribution in [-0.4, -0.2) is 35.5 Å². The summed E-state index contributed by atoms with van der Waals surface area (Å²) < 4.78 is 0. The molecule has 1 rings (SSSR count). The largest absolute Gasteiger partial charge is 0.351 e. The third-order valence-electron chi connectivity index (χ3n) is 2.08. The van der Waals surface area contributed by atoms with Crippen LogP contribution < -0.4 is 21.9 Å². The summed E-state index contributed by atoms with van der Waals surface area (Å²) in [5, 5.41) is 5.68. The molecule has 0 saturated carbocycles. The first-order valence-corrected chi connectivity index (χ1v) is 5.46. The highest BCUT2D eigenvalue weighted by Crippen LogP contribution is 1.83. The maximum atomic E-state index is 11.5. The molecule has 0 atom stereocenters. The second-order valence-electron chi connectivity index (χ2n) is 3.49. The first kappa shape index (κ1) is 13.2. The summed E-state index contributed by atoms with van der Waals surface area (Å²) >= 11 is 0. The normalized spacial score (nSPS) is 10.2. The van der Waals surface area contributed by atoms with Crippen LogP contribution in [0.25, 0.3) is 0 Å². The van der Waals surface area contributed by atoms with Crippen LogP contribution in [0.4, 0.5) is 0 Å². The van der Waals surface area contributed by atoms with E-state index in [-0.39, 0.29) is 5.56 Å². The molecule has 1 aromatic heterocycles. The standard InChI is InChI=1S/C10H16N4O3/c1-2-3-11-4-5-12-8(15)7-6-13-10(17)14-9(7)16/h6,11H,2-5H2,1H3,(H,12,15)(H2,13,14,16,17). The number of carbonyl (C=O) groups is 1. The van der Waals surface area contributed by atoms with Crippen LogP contribution >= 0.6 is 0 Å². The number of hydrogen-bond donors (Lipinski definition) is 4. The number of aromatic nitrogens is 2. The Labute approximate surface area is 97.6 Å². The summed E-state index contributed by atoms with van der Waals surface area (Å²) in [6.45, 7) is 4.00. The van der Waals surface area contributed by atoms with E-state index in [1.165, 1.54) is 0 Å². The molecule has 0 aliphatic heterocycles. The van der Waals surface area contributed by atoms with Crippen molar-refractivity contribution in [2.75, 3.05) is 19.6 Å². The Morgan fingerprint density at radius 1 is 1.29 bits per heavy atom. The summed E-state index contributed by atoms with van der Waals surface area (Å²) in [5.74, 6) is -0.499. The van der Waals surface area contributed by atoms with Crippen LogP contribution in [0.2, 0.25) is 0 Å². The Hall–Kier alpha value is -1.89. The molecule has 0 radical (unpaired) electrons. The SMILES string of the molecule is CCCNCCNC(=O)c1c[nH]c(=O)[nH]c1=O. The lowest BCUT2D eigenvalue weighted by atomic mass is 10.3. The molecule has 94 valence electrons. The highest BCUT2D eigenvalue weighted by molar-refractivity contribution is 5.93. The van der Waals surface area contributed by atoms with Crippen LogP contribution in [0.5, 0.6) is 0 Å². The van der Waals surface area contributed by atoms with Gasteiger partial charge in [0.25, 0.3) is 11.5 Å². The summed E-state index contributed by atoms with van der Waals surface area (Å²) in [5.41, 5.74) is -1.41. The number of nitrogens with one attached hydrogen (secondary N) is 4. The van der Waals surface area contributed by atoms with Crippen molar-refractivity contribution in [1.82, 2.24) is 20.6 Å². The molecule has 0 fully saturated rings. The number of carbonyl (C=O) groups excluding carboxylic acids is 1. The van der Waals surface area contributed by atoms with Gasteiger partial charge in [-0.3, -0.25) is 14.6 Å². The van der Waals surface area contributed by atoms with E-state index < -0.39 is 17.2 Å². The number of hydrogen-bond acceptors (Lipinski definition) is 4. The van der Waals surface area contributed by atoms with Gasteiger partial charge in [-0.25, -0.2) is 4.79 Å². The monoisotopic (exact) mass is 240 g/mol. The minimum Gasteiger partial charge on any atom is -0.351 e. The third-order valence-corrected chi connectivity index (χ3v) is 2.08. The molecule has 0 unspecified atom stereocenters. The van der Waals surface area contributed by atoms with Gasteiger partial charge in [-0.05, 0) is 13.0 Å². The predicted octanol–water partition coefficient (Wildman–Crippen LogP) is -1.21. The Morgan fingerprint density at radius 2 is 2.06 bits per heavy atom. The van der Waals surface area contributed by atoms with Crippen molar-refractivity contribution in [3.63, 3.8) is 0 Å². The lowest BCUT2D eigenvalue weighted by Gasteiger charge is -2.05. The molecule has 7 nitrogen and oxygen atoms in total.